The van der Waals surface area contributed by atoms with E-state index in [9.17, 15) is 4.79 Å². The quantitative estimate of drug-likeness (QED) is 0.461. The highest BCUT2D eigenvalue weighted by molar-refractivity contribution is 6.31. The molecule has 1 amide bonds. The molecule has 1 aliphatic rings. The van der Waals surface area contributed by atoms with E-state index in [1.807, 2.05) is 36.1 Å². The van der Waals surface area contributed by atoms with Crippen molar-refractivity contribution in [2.45, 2.75) is 26.3 Å². The van der Waals surface area contributed by atoms with Gasteiger partial charge in [-0.05, 0) is 50.6 Å². The highest BCUT2D eigenvalue weighted by Crippen LogP contribution is 2.27. The number of halogens is 1. The van der Waals surface area contributed by atoms with Gasteiger partial charge in [-0.1, -0.05) is 23.2 Å². The number of aromatic nitrogens is 4. The lowest BCUT2D eigenvalue weighted by Gasteiger charge is -2.27. The van der Waals surface area contributed by atoms with Crippen molar-refractivity contribution in [2.24, 2.45) is 0 Å². The van der Waals surface area contributed by atoms with Gasteiger partial charge in [-0.2, -0.15) is 20.0 Å². The molecule has 1 fully saturated rings. The van der Waals surface area contributed by atoms with E-state index in [1.165, 1.54) is 4.80 Å². The Kier molecular flexibility index (Phi) is 5.30. The molecule has 1 atom stereocenters. The van der Waals surface area contributed by atoms with Gasteiger partial charge in [0, 0.05) is 30.7 Å². The SMILES string of the molecule is CC1CCN(c2nc3cc(Cl)ccc3o2)CCN1C(=O)[13c]1[13cH][13c](C)[13cH][13cH][13c]1-n1nccn1. The number of benzene rings is 2. The summed E-state index contributed by atoms with van der Waals surface area (Å²) < 4.78 is 5.95. The Morgan fingerprint density at radius 2 is 1.91 bits per heavy atom. The average Bonchev–Trinajstić information content (AvgIpc) is 3.41. The molecule has 0 bridgehead atoms. The summed E-state index contributed by atoms with van der Waals surface area (Å²) in [5.41, 5.74) is 3.71. The highest BCUT2D eigenvalue weighted by Gasteiger charge is 2.29. The second-order valence-electron chi connectivity index (χ2n) is 8.07. The van der Waals surface area contributed by atoms with Crippen LogP contribution in [0.15, 0.2) is 53.2 Å². The first-order chi connectivity index (χ1) is 15.5. The Morgan fingerprint density at radius 1 is 1.09 bits per heavy atom. The Morgan fingerprint density at radius 3 is 2.72 bits per heavy atom. The minimum Gasteiger partial charge on any atom is -0.423 e. The summed E-state index contributed by atoms with van der Waals surface area (Å²) >= 11 is 6.08. The molecule has 4 aromatic rings. The molecule has 3 heterocycles. The van der Waals surface area contributed by atoms with Crippen molar-refractivity contribution in [3.63, 3.8) is 0 Å². The van der Waals surface area contributed by atoms with Gasteiger partial charge in [0.25, 0.3) is 11.9 Å². The van der Waals surface area contributed by atoms with Crippen molar-refractivity contribution < 1.29 is 9.21 Å². The number of aryl methyl sites for hydroxylation is 1. The largest absolute Gasteiger partial charge is 0.423 e. The van der Waals surface area contributed by atoms with Crippen molar-refractivity contribution in [3.05, 3.63) is 64.9 Å². The minimum absolute atomic E-state index is 0.0281. The topological polar surface area (TPSA) is 80.3 Å². The van der Waals surface area contributed by atoms with Crippen LogP contribution in [-0.2, 0) is 0 Å². The number of amides is 1. The highest BCUT2D eigenvalue weighted by atomic mass is 35.5. The summed E-state index contributed by atoms with van der Waals surface area (Å²) in [6, 6.07) is 11.8. The lowest BCUT2D eigenvalue weighted by molar-refractivity contribution is 0.0704. The normalized spacial score (nSPS) is 17.0. The number of oxazole rings is 1. The van der Waals surface area contributed by atoms with Crippen molar-refractivity contribution >= 4 is 34.6 Å². The number of anilines is 1. The summed E-state index contributed by atoms with van der Waals surface area (Å²) in [5.74, 6) is -0.0281. The van der Waals surface area contributed by atoms with Gasteiger partial charge in [0.15, 0.2) is 5.58 Å². The molecule has 0 saturated carbocycles. The van der Waals surface area contributed by atoms with Gasteiger partial charge in [0.2, 0.25) is 0 Å². The predicted octanol–water partition coefficient (Wildman–Crippen LogP) is 4.11. The third kappa shape index (κ3) is 3.82. The monoisotopic (exact) mass is 456 g/mol. The molecule has 1 saturated heterocycles. The lowest BCUT2D eigenvalue weighted by Crippen LogP contribution is -2.40. The first kappa shape index (κ1) is 20.5. The van der Waals surface area contributed by atoms with Crippen LogP contribution < -0.4 is 4.90 Å². The maximum absolute atomic E-state index is 13.6. The van der Waals surface area contributed by atoms with Crippen LogP contribution in [0.5, 0.6) is 0 Å². The van der Waals surface area contributed by atoms with Crippen LogP contribution in [0.4, 0.5) is 6.01 Å². The van der Waals surface area contributed by atoms with E-state index in [4.69, 9.17) is 16.0 Å². The maximum Gasteiger partial charge on any atom is 0.298 e. The van der Waals surface area contributed by atoms with Gasteiger partial charge in [0.05, 0.1) is 23.6 Å². The number of nitrogens with zero attached hydrogens (tertiary/aromatic N) is 6. The van der Waals surface area contributed by atoms with Gasteiger partial charge in [-0.15, -0.1) is 0 Å². The molecule has 32 heavy (non-hydrogen) atoms. The van der Waals surface area contributed by atoms with Gasteiger partial charge in [0.1, 0.15) is 5.52 Å². The van der Waals surface area contributed by atoms with E-state index in [0.29, 0.717) is 41.0 Å². The van der Waals surface area contributed by atoms with Crippen LogP contribution >= 0.6 is 11.6 Å². The molecule has 1 aliphatic heterocycles. The summed E-state index contributed by atoms with van der Waals surface area (Å²) in [4.78, 5) is 23.7. The molecular weight excluding hydrogens is 434 g/mol. The minimum atomic E-state index is -0.0281. The third-order valence-corrected chi connectivity index (χ3v) is 6.08. The first-order valence-electron chi connectivity index (χ1n) is 10.6. The van der Waals surface area contributed by atoms with Crippen LogP contribution in [0.25, 0.3) is 16.8 Å². The Hall–Kier alpha value is -3.39. The summed E-state index contributed by atoms with van der Waals surface area (Å²) in [6.07, 6.45) is 4.01. The molecule has 1 unspecified atom stereocenters. The molecule has 0 N–H and O–H groups in total. The zero-order chi connectivity index (χ0) is 22.2. The Balaban J connectivity index is 1.41. The van der Waals surface area contributed by atoms with E-state index in [-0.39, 0.29) is 11.9 Å². The molecule has 8 nitrogen and oxygen atoms in total. The zero-order valence-electron chi connectivity index (χ0n) is 17.9. The van der Waals surface area contributed by atoms with Gasteiger partial charge in [-0.3, -0.25) is 4.79 Å². The second-order valence-corrected chi connectivity index (χ2v) is 8.51. The molecule has 0 aliphatic carbocycles. The molecule has 9 heteroatoms. The van der Waals surface area contributed by atoms with Crippen molar-refractivity contribution in [1.82, 2.24) is 24.9 Å². The maximum atomic E-state index is 13.6. The Labute approximate surface area is 190 Å². The van der Waals surface area contributed by atoms with Crippen molar-refractivity contribution in [1.29, 1.82) is 0 Å². The number of hydrogen-bond donors (Lipinski definition) is 0. The summed E-state index contributed by atoms with van der Waals surface area (Å²) in [5, 5.41) is 9.06. The lowest BCUT2D eigenvalue weighted by atomic mass is 10.2. The van der Waals surface area contributed by atoms with Crippen LogP contribution in [-0.4, -0.2) is 56.5 Å². The second kappa shape index (κ2) is 8.27. The molecule has 0 spiro atoms. The molecule has 0 radical (unpaired) electrons. The number of fused-ring (bicyclic) bond motifs is 1. The zero-order valence-corrected chi connectivity index (χ0v) is 18.7. The van der Waals surface area contributed by atoms with E-state index < -0.39 is 0 Å². The van der Waals surface area contributed by atoms with Crippen molar-refractivity contribution in [2.75, 3.05) is 24.5 Å². The van der Waals surface area contributed by atoms with E-state index >= 15 is 0 Å². The first-order valence-corrected chi connectivity index (χ1v) is 11.0. The standard InChI is InChI=1S/C23H23ClN6O2/c1-15-3-5-20(30-25-8-9-26-30)18(13-15)22(31)29-12-11-28(10-7-16(29)2)23-27-19-14-17(24)4-6-21(19)32-23/h3-6,8-9,13-14,16H,7,10-12H2,1-2H3/i3+1,5+1,13+1,15+1,18+1,20+1. The number of hydrogen-bond acceptors (Lipinski definition) is 6. The number of carbonyl (C=O) groups excluding carboxylic acids is 1. The Bertz CT molecular complexity index is 1270. The van der Waals surface area contributed by atoms with Crippen LogP contribution in [0.2, 0.25) is 5.02 Å². The molecule has 2 aromatic carbocycles. The third-order valence-electron chi connectivity index (χ3n) is 5.85. The molecule has 164 valence electrons. The average molecular weight is 457 g/mol. The van der Waals surface area contributed by atoms with Crippen molar-refractivity contribution in [3.8, 4) is 5.69 Å². The van der Waals surface area contributed by atoms with E-state index in [1.54, 1.807) is 24.5 Å². The molecule has 2 aromatic heterocycles. The fourth-order valence-corrected chi connectivity index (χ4v) is 4.23. The van der Waals surface area contributed by atoms with Gasteiger partial charge in [-0.25, -0.2) is 0 Å². The summed E-state index contributed by atoms with van der Waals surface area (Å²) in [6.45, 7) is 5.98. The number of carbonyl (C=O) groups is 1. The van der Waals surface area contributed by atoms with Gasteiger partial charge < -0.3 is 14.2 Å². The fraction of sp³-hybridized carbons (Fsp3) is 0.304. The predicted molar refractivity (Wildman–Crippen MR) is 122 cm³/mol. The molecule has 5 rings (SSSR count). The summed E-state index contributed by atoms with van der Waals surface area (Å²) in [7, 11) is 0. The van der Waals surface area contributed by atoms with Crippen LogP contribution in [0.1, 0.15) is 29.3 Å². The fourth-order valence-electron chi connectivity index (χ4n) is 4.07. The van der Waals surface area contributed by atoms with E-state index in [0.717, 1.165) is 24.0 Å². The smallest absolute Gasteiger partial charge is 0.298 e. The van der Waals surface area contributed by atoms with Crippen LogP contribution in [0, 0.1) is 6.92 Å². The molecular formula is C23H23ClN6O2. The number of rotatable bonds is 3. The van der Waals surface area contributed by atoms with Crippen LogP contribution in [0.3, 0.4) is 0 Å². The van der Waals surface area contributed by atoms with E-state index in [2.05, 4.69) is 27.0 Å². The van der Waals surface area contributed by atoms with Gasteiger partial charge >= 0.3 is 0 Å².